The highest BCUT2D eigenvalue weighted by Crippen LogP contribution is 2.33. The Morgan fingerprint density at radius 1 is 1.19 bits per heavy atom. The van der Waals surface area contributed by atoms with E-state index < -0.39 is 22.2 Å². The van der Waals surface area contributed by atoms with E-state index in [1.54, 1.807) is 10.8 Å². The predicted molar refractivity (Wildman–Crippen MR) is 109 cm³/mol. The molecule has 11 heteroatoms. The third-order valence-corrected chi connectivity index (χ3v) is 4.95. The van der Waals surface area contributed by atoms with Crippen molar-refractivity contribution in [1.29, 1.82) is 0 Å². The Balaban J connectivity index is 1.92. The van der Waals surface area contributed by atoms with Gasteiger partial charge in [0.25, 0.3) is 11.2 Å². The molecule has 3 N–H and O–H groups in total. The molecule has 0 fully saturated rings. The molecule has 2 aromatic carbocycles. The van der Waals surface area contributed by atoms with Gasteiger partial charge in [-0.25, -0.2) is 4.98 Å². The first kappa shape index (κ1) is 20.5. The van der Waals surface area contributed by atoms with E-state index in [2.05, 4.69) is 9.97 Å². The SMILES string of the molecule is NCCCn1cc(-c2nc3ccc(C(F)(F)F)cc3[nH]c2=O)c2ccc([N+](=O)[O-])cc21. The molecule has 4 aromatic rings. The number of halogens is 3. The van der Waals surface area contributed by atoms with E-state index >= 15 is 0 Å². The molecule has 0 unspecified atom stereocenters. The van der Waals surface area contributed by atoms with E-state index in [1.165, 1.54) is 24.3 Å². The largest absolute Gasteiger partial charge is 0.416 e. The minimum atomic E-state index is -4.55. The Bertz CT molecular complexity index is 1370. The molecular weight excluding hydrogens is 415 g/mol. The molecule has 0 aliphatic heterocycles. The molecular formula is C20H16F3N5O3. The van der Waals surface area contributed by atoms with Gasteiger partial charge in [-0.15, -0.1) is 0 Å². The maximum absolute atomic E-state index is 13.0. The number of rotatable bonds is 5. The van der Waals surface area contributed by atoms with Crippen LogP contribution in [-0.4, -0.2) is 26.0 Å². The van der Waals surface area contributed by atoms with Crippen LogP contribution in [0.25, 0.3) is 33.2 Å². The van der Waals surface area contributed by atoms with Gasteiger partial charge in [0.2, 0.25) is 0 Å². The maximum atomic E-state index is 13.0. The summed E-state index contributed by atoms with van der Waals surface area (Å²) < 4.78 is 40.6. The van der Waals surface area contributed by atoms with Gasteiger partial charge in [0.05, 0.1) is 27.0 Å². The van der Waals surface area contributed by atoms with Crippen LogP contribution in [0, 0.1) is 10.1 Å². The van der Waals surface area contributed by atoms with Crippen LogP contribution in [0.15, 0.2) is 47.4 Å². The highest BCUT2D eigenvalue weighted by Gasteiger charge is 2.30. The van der Waals surface area contributed by atoms with Crippen LogP contribution in [-0.2, 0) is 12.7 Å². The number of nitro benzene ring substituents is 1. The standard InChI is InChI=1S/C20H16F3N5O3/c21-20(22,23)11-2-5-15-16(8-11)26-19(29)18(25-15)14-10-27(7-1-6-24)17-9-12(28(30)31)3-4-13(14)17/h2-5,8-10H,1,6-7,24H2,(H,26,29). The highest BCUT2D eigenvalue weighted by atomic mass is 19.4. The number of alkyl halides is 3. The highest BCUT2D eigenvalue weighted by molar-refractivity contribution is 5.97. The van der Waals surface area contributed by atoms with Crippen molar-refractivity contribution in [3.05, 3.63) is 68.6 Å². The number of non-ortho nitro benzene ring substituents is 1. The van der Waals surface area contributed by atoms with Gasteiger partial charge in [-0.05, 0) is 37.2 Å². The molecule has 4 rings (SSSR count). The van der Waals surface area contributed by atoms with Crippen molar-refractivity contribution < 1.29 is 18.1 Å². The first-order valence-electron chi connectivity index (χ1n) is 9.28. The molecule has 2 heterocycles. The number of aryl methyl sites for hydroxylation is 1. The van der Waals surface area contributed by atoms with Crippen LogP contribution >= 0.6 is 0 Å². The van der Waals surface area contributed by atoms with Crippen molar-refractivity contribution in [3.8, 4) is 11.3 Å². The summed E-state index contributed by atoms with van der Waals surface area (Å²) in [4.78, 5) is 30.1. The summed E-state index contributed by atoms with van der Waals surface area (Å²) in [5.41, 5.74) is 5.03. The number of nitrogens with two attached hydrogens (primary N) is 1. The fraction of sp³-hybridized carbons (Fsp3) is 0.200. The van der Waals surface area contributed by atoms with E-state index in [4.69, 9.17) is 5.73 Å². The Hall–Kier alpha value is -3.73. The number of hydrogen-bond donors (Lipinski definition) is 2. The van der Waals surface area contributed by atoms with Gasteiger partial charge in [0.1, 0.15) is 5.69 Å². The van der Waals surface area contributed by atoms with Crippen molar-refractivity contribution >= 4 is 27.6 Å². The lowest BCUT2D eigenvalue weighted by atomic mass is 10.1. The zero-order valence-corrected chi connectivity index (χ0v) is 15.9. The Labute approximate surface area is 172 Å². The van der Waals surface area contributed by atoms with Crippen molar-refractivity contribution in [3.63, 3.8) is 0 Å². The third kappa shape index (κ3) is 3.75. The van der Waals surface area contributed by atoms with E-state index in [9.17, 15) is 28.1 Å². The molecule has 0 atom stereocenters. The molecule has 0 radical (unpaired) electrons. The summed E-state index contributed by atoms with van der Waals surface area (Å²) in [7, 11) is 0. The van der Waals surface area contributed by atoms with Crippen molar-refractivity contribution in [2.24, 2.45) is 5.73 Å². The van der Waals surface area contributed by atoms with Crippen LogP contribution in [0.1, 0.15) is 12.0 Å². The third-order valence-electron chi connectivity index (χ3n) is 4.95. The minimum Gasteiger partial charge on any atom is -0.347 e. The molecule has 0 spiro atoms. The first-order chi connectivity index (χ1) is 14.7. The monoisotopic (exact) mass is 431 g/mol. The molecule has 31 heavy (non-hydrogen) atoms. The van der Waals surface area contributed by atoms with Crippen molar-refractivity contribution in [2.45, 2.75) is 19.1 Å². The van der Waals surface area contributed by atoms with E-state index in [0.717, 1.165) is 12.1 Å². The lowest BCUT2D eigenvalue weighted by Gasteiger charge is -2.08. The first-order valence-corrected chi connectivity index (χ1v) is 9.28. The molecule has 0 amide bonds. The van der Waals surface area contributed by atoms with Gasteiger partial charge >= 0.3 is 6.18 Å². The number of benzene rings is 2. The molecule has 0 saturated carbocycles. The van der Waals surface area contributed by atoms with Crippen LogP contribution in [0.2, 0.25) is 0 Å². The van der Waals surface area contributed by atoms with Gasteiger partial charge in [0.15, 0.2) is 0 Å². The quantitative estimate of drug-likeness (QED) is 0.368. The summed E-state index contributed by atoms with van der Waals surface area (Å²) >= 11 is 0. The number of nitro groups is 1. The molecule has 160 valence electrons. The molecule has 8 nitrogen and oxygen atoms in total. The van der Waals surface area contributed by atoms with Crippen LogP contribution in [0.4, 0.5) is 18.9 Å². The Kier molecular flexibility index (Phi) is 4.97. The smallest absolute Gasteiger partial charge is 0.347 e. The van der Waals surface area contributed by atoms with Gasteiger partial charge in [0, 0.05) is 35.8 Å². The molecule has 2 aromatic heterocycles. The maximum Gasteiger partial charge on any atom is 0.416 e. The van der Waals surface area contributed by atoms with Crippen LogP contribution < -0.4 is 11.3 Å². The summed E-state index contributed by atoms with van der Waals surface area (Å²) in [5, 5.41) is 11.7. The normalized spacial score (nSPS) is 12.0. The summed E-state index contributed by atoms with van der Waals surface area (Å²) in [6, 6.07) is 7.17. The predicted octanol–water partition coefficient (Wildman–Crippen LogP) is 3.82. The van der Waals surface area contributed by atoms with Gasteiger partial charge in [-0.2, -0.15) is 13.2 Å². The average Bonchev–Trinajstić information content (AvgIpc) is 3.08. The molecule has 0 bridgehead atoms. The van der Waals surface area contributed by atoms with E-state index in [0.29, 0.717) is 36.0 Å². The number of aromatic nitrogens is 3. The van der Waals surface area contributed by atoms with E-state index in [1.807, 2.05) is 0 Å². The fourth-order valence-electron chi connectivity index (χ4n) is 3.47. The summed E-state index contributed by atoms with van der Waals surface area (Å²) in [6.07, 6.45) is -2.29. The Morgan fingerprint density at radius 3 is 2.65 bits per heavy atom. The fourth-order valence-corrected chi connectivity index (χ4v) is 3.47. The van der Waals surface area contributed by atoms with Crippen molar-refractivity contribution in [2.75, 3.05) is 6.54 Å². The second-order valence-corrected chi connectivity index (χ2v) is 6.98. The van der Waals surface area contributed by atoms with Gasteiger partial charge in [-0.1, -0.05) is 0 Å². The second-order valence-electron chi connectivity index (χ2n) is 6.98. The molecule has 0 aliphatic carbocycles. The van der Waals surface area contributed by atoms with Gasteiger partial charge in [-0.3, -0.25) is 14.9 Å². The molecule has 0 aliphatic rings. The molecule has 0 saturated heterocycles. The number of fused-ring (bicyclic) bond motifs is 2. The summed E-state index contributed by atoms with van der Waals surface area (Å²) in [6.45, 7) is 0.870. The lowest BCUT2D eigenvalue weighted by molar-refractivity contribution is -0.384. The van der Waals surface area contributed by atoms with E-state index in [-0.39, 0.29) is 22.4 Å². The van der Waals surface area contributed by atoms with Crippen LogP contribution in [0.3, 0.4) is 0 Å². The number of aromatic amines is 1. The average molecular weight is 431 g/mol. The second kappa shape index (κ2) is 7.51. The minimum absolute atomic E-state index is 0.0117. The zero-order chi connectivity index (χ0) is 22.3. The summed E-state index contributed by atoms with van der Waals surface area (Å²) in [5.74, 6) is 0. The number of hydrogen-bond acceptors (Lipinski definition) is 5. The lowest BCUT2D eigenvalue weighted by Crippen LogP contribution is -2.12. The van der Waals surface area contributed by atoms with Crippen molar-refractivity contribution in [1.82, 2.24) is 14.5 Å². The Morgan fingerprint density at radius 2 is 1.97 bits per heavy atom. The number of nitrogens with one attached hydrogen (secondary N) is 1. The number of H-pyrrole nitrogens is 1. The number of nitrogens with zero attached hydrogens (tertiary/aromatic N) is 3. The van der Waals surface area contributed by atoms with Crippen LogP contribution in [0.5, 0.6) is 0 Å². The van der Waals surface area contributed by atoms with Gasteiger partial charge < -0.3 is 15.3 Å². The zero-order valence-electron chi connectivity index (χ0n) is 15.9. The topological polar surface area (TPSA) is 120 Å².